The van der Waals surface area contributed by atoms with Crippen LogP contribution in [-0.2, 0) is 0 Å². The SMILES string of the molecule is CCCC1(C)CN=C(N)N1c1ccccc1Br. The van der Waals surface area contributed by atoms with Crippen molar-refractivity contribution in [1.82, 2.24) is 0 Å². The summed E-state index contributed by atoms with van der Waals surface area (Å²) in [6.45, 7) is 5.19. The molecule has 0 spiro atoms. The molecule has 0 aromatic heterocycles. The number of nitrogens with two attached hydrogens (primary N) is 1. The van der Waals surface area contributed by atoms with Gasteiger partial charge in [-0.3, -0.25) is 4.99 Å². The number of hydrogen-bond acceptors (Lipinski definition) is 3. The first-order chi connectivity index (χ1) is 8.08. The van der Waals surface area contributed by atoms with Gasteiger partial charge in [-0.15, -0.1) is 0 Å². The highest BCUT2D eigenvalue weighted by Crippen LogP contribution is 2.36. The molecule has 0 radical (unpaired) electrons. The molecule has 17 heavy (non-hydrogen) atoms. The third-order valence-electron chi connectivity index (χ3n) is 3.23. The van der Waals surface area contributed by atoms with Crippen LogP contribution in [0, 0.1) is 0 Å². The lowest BCUT2D eigenvalue weighted by Gasteiger charge is -2.36. The van der Waals surface area contributed by atoms with Gasteiger partial charge in [0.05, 0.1) is 17.8 Å². The normalized spacial score (nSPS) is 23.9. The third kappa shape index (κ3) is 2.18. The van der Waals surface area contributed by atoms with Crippen LogP contribution < -0.4 is 10.6 Å². The van der Waals surface area contributed by atoms with Crippen molar-refractivity contribution >= 4 is 27.6 Å². The van der Waals surface area contributed by atoms with Crippen LogP contribution in [0.15, 0.2) is 33.7 Å². The van der Waals surface area contributed by atoms with E-state index in [9.17, 15) is 0 Å². The number of benzene rings is 1. The standard InChI is InChI=1S/C13H18BrN3/c1-3-8-13(2)9-16-12(15)17(13)11-7-5-4-6-10(11)14/h4-7H,3,8-9H2,1-2H3,(H2,15,16). The van der Waals surface area contributed by atoms with Crippen LogP contribution in [0.1, 0.15) is 26.7 Å². The Morgan fingerprint density at radius 1 is 1.47 bits per heavy atom. The Morgan fingerprint density at radius 3 is 2.82 bits per heavy atom. The van der Waals surface area contributed by atoms with Gasteiger partial charge >= 0.3 is 0 Å². The van der Waals surface area contributed by atoms with E-state index < -0.39 is 0 Å². The Balaban J connectivity index is 2.41. The van der Waals surface area contributed by atoms with Crippen LogP contribution in [0.2, 0.25) is 0 Å². The molecule has 2 rings (SSSR count). The fraction of sp³-hybridized carbons (Fsp3) is 0.462. The lowest BCUT2D eigenvalue weighted by atomic mass is 9.94. The van der Waals surface area contributed by atoms with E-state index in [-0.39, 0.29) is 5.54 Å². The summed E-state index contributed by atoms with van der Waals surface area (Å²) in [7, 11) is 0. The lowest BCUT2D eigenvalue weighted by molar-refractivity contribution is 0.457. The van der Waals surface area contributed by atoms with Crippen LogP contribution in [0.3, 0.4) is 0 Å². The lowest BCUT2D eigenvalue weighted by Crippen LogP contribution is -2.50. The first kappa shape index (κ1) is 12.4. The molecule has 2 N–H and O–H groups in total. The second-order valence-corrected chi connectivity index (χ2v) is 5.56. The van der Waals surface area contributed by atoms with Crippen LogP contribution in [0.25, 0.3) is 0 Å². The molecule has 1 heterocycles. The van der Waals surface area contributed by atoms with E-state index in [1.165, 1.54) is 0 Å². The fourth-order valence-electron chi connectivity index (χ4n) is 2.45. The molecule has 92 valence electrons. The van der Waals surface area contributed by atoms with E-state index >= 15 is 0 Å². The molecular weight excluding hydrogens is 278 g/mol. The molecule has 1 atom stereocenters. The molecular formula is C13H18BrN3. The van der Waals surface area contributed by atoms with E-state index in [2.05, 4.69) is 45.7 Å². The zero-order valence-electron chi connectivity index (χ0n) is 10.3. The smallest absolute Gasteiger partial charge is 0.196 e. The third-order valence-corrected chi connectivity index (χ3v) is 3.90. The number of guanidine groups is 1. The molecule has 0 aliphatic carbocycles. The van der Waals surface area contributed by atoms with Gasteiger partial charge in [0.15, 0.2) is 5.96 Å². The quantitative estimate of drug-likeness (QED) is 0.931. The molecule has 0 saturated heterocycles. The minimum atomic E-state index is 0.00269. The van der Waals surface area contributed by atoms with E-state index in [0.717, 1.165) is 29.5 Å². The van der Waals surface area contributed by atoms with Gasteiger partial charge in [-0.2, -0.15) is 0 Å². The molecule has 1 aliphatic rings. The number of anilines is 1. The zero-order chi connectivity index (χ0) is 12.5. The number of aliphatic imine (C=N–C) groups is 1. The van der Waals surface area contributed by atoms with E-state index in [1.54, 1.807) is 0 Å². The Kier molecular flexibility index (Phi) is 3.43. The molecule has 0 amide bonds. The highest BCUT2D eigenvalue weighted by Gasteiger charge is 2.38. The van der Waals surface area contributed by atoms with Crippen molar-refractivity contribution < 1.29 is 0 Å². The molecule has 1 aromatic carbocycles. The summed E-state index contributed by atoms with van der Waals surface area (Å²) in [5.74, 6) is 0.618. The second-order valence-electron chi connectivity index (χ2n) is 4.71. The molecule has 0 fully saturated rings. The Bertz CT molecular complexity index is 444. The van der Waals surface area contributed by atoms with Gasteiger partial charge in [0.25, 0.3) is 0 Å². The first-order valence-corrected chi connectivity index (χ1v) is 6.72. The van der Waals surface area contributed by atoms with Crippen molar-refractivity contribution in [1.29, 1.82) is 0 Å². The van der Waals surface area contributed by atoms with Gasteiger partial charge in [0.2, 0.25) is 0 Å². The molecule has 4 heteroatoms. The monoisotopic (exact) mass is 295 g/mol. The summed E-state index contributed by atoms with van der Waals surface area (Å²) < 4.78 is 1.06. The number of para-hydroxylation sites is 1. The van der Waals surface area contributed by atoms with Crippen LogP contribution in [-0.4, -0.2) is 18.0 Å². The fourth-order valence-corrected chi connectivity index (χ4v) is 2.91. The summed E-state index contributed by atoms with van der Waals surface area (Å²) in [6, 6.07) is 8.14. The van der Waals surface area contributed by atoms with Crippen LogP contribution in [0.4, 0.5) is 5.69 Å². The van der Waals surface area contributed by atoms with Crippen molar-refractivity contribution in [3.63, 3.8) is 0 Å². The summed E-state index contributed by atoms with van der Waals surface area (Å²) in [6.07, 6.45) is 2.21. The average Bonchev–Trinajstić information content (AvgIpc) is 2.57. The van der Waals surface area contributed by atoms with Gasteiger partial charge in [-0.1, -0.05) is 25.5 Å². The minimum Gasteiger partial charge on any atom is -0.369 e. The Hall–Kier alpha value is -1.03. The highest BCUT2D eigenvalue weighted by atomic mass is 79.9. The summed E-state index contributed by atoms with van der Waals surface area (Å²) in [5, 5.41) is 0. The van der Waals surface area contributed by atoms with E-state index in [0.29, 0.717) is 5.96 Å². The predicted molar refractivity (Wildman–Crippen MR) is 76.4 cm³/mol. The van der Waals surface area contributed by atoms with Gasteiger partial charge < -0.3 is 10.6 Å². The van der Waals surface area contributed by atoms with Crippen molar-refractivity contribution in [3.8, 4) is 0 Å². The molecule has 0 saturated carbocycles. The van der Waals surface area contributed by atoms with E-state index in [1.807, 2.05) is 18.2 Å². The maximum absolute atomic E-state index is 6.04. The summed E-state index contributed by atoms with van der Waals surface area (Å²) >= 11 is 3.58. The molecule has 1 aliphatic heterocycles. The maximum Gasteiger partial charge on any atom is 0.196 e. The van der Waals surface area contributed by atoms with Crippen molar-refractivity contribution in [2.24, 2.45) is 10.7 Å². The number of hydrogen-bond donors (Lipinski definition) is 1. The zero-order valence-corrected chi connectivity index (χ0v) is 11.9. The van der Waals surface area contributed by atoms with Gasteiger partial charge in [0.1, 0.15) is 0 Å². The summed E-state index contributed by atoms with van der Waals surface area (Å²) in [5.41, 5.74) is 7.14. The van der Waals surface area contributed by atoms with Crippen molar-refractivity contribution in [2.45, 2.75) is 32.2 Å². The predicted octanol–water partition coefficient (Wildman–Crippen LogP) is 3.14. The highest BCUT2D eigenvalue weighted by molar-refractivity contribution is 9.10. The van der Waals surface area contributed by atoms with Gasteiger partial charge in [-0.25, -0.2) is 0 Å². The molecule has 3 nitrogen and oxygen atoms in total. The largest absolute Gasteiger partial charge is 0.369 e. The molecule has 1 aromatic rings. The second kappa shape index (κ2) is 4.69. The van der Waals surface area contributed by atoms with Gasteiger partial charge in [0, 0.05) is 4.47 Å². The maximum atomic E-state index is 6.04. The summed E-state index contributed by atoms with van der Waals surface area (Å²) in [4.78, 5) is 6.56. The molecule has 0 bridgehead atoms. The van der Waals surface area contributed by atoms with Crippen molar-refractivity contribution in [3.05, 3.63) is 28.7 Å². The van der Waals surface area contributed by atoms with Gasteiger partial charge in [-0.05, 0) is 41.4 Å². The van der Waals surface area contributed by atoms with Crippen LogP contribution >= 0.6 is 15.9 Å². The van der Waals surface area contributed by atoms with Crippen molar-refractivity contribution in [2.75, 3.05) is 11.4 Å². The number of nitrogens with zero attached hydrogens (tertiary/aromatic N) is 2. The Labute approximate surface area is 111 Å². The van der Waals surface area contributed by atoms with Crippen LogP contribution in [0.5, 0.6) is 0 Å². The Morgan fingerprint density at radius 2 is 2.18 bits per heavy atom. The van der Waals surface area contributed by atoms with E-state index in [4.69, 9.17) is 5.73 Å². The first-order valence-electron chi connectivity index (χ1n) is 5.93. The topological polar surface area (TPSA) is 41.6 Å². The average molecular weight is 296 g/mol. The minimum absolute atomic E-state index is 0.00269. The number of rotatable bonds is 3. The number of halogens is 1. The molecule has 1 unspecified atom stereocenters.